The standard InChI is InChI=1S/C18H23FN4/c1-21-11-15(10-20-21)12-23-9-7-18(23)6-8-22(14-18)13-16-4-2-3-5-17(16)19/h2-5,10-11H,6-9,12-14H2,1H3. The molecule has 0 saturated carbocycles. The highest BCUT2D eigenvalue weighted by atomic mass is 19.1. The highest BCUT2D eigenvalue weighted by molar-refractivity contribution is 5.18. The molecule has 2 aliphatic rings. The Labute approximate surface area is 136 Å². The van der Waals surface area contributed by atoms with E-state index in [1.165, 1.54) is 18.4 Å². The molecule has 0 aliphatic carbocycles. The van der Waals surface area contributed by atoms with Crippen molar-refractivity contribution in [1.29, 1.82) is 0 Å². The van der Waals surface area contributed by atoms with Crippen molar-refractivity contribution in [2.45, 2.75) is 31.5 Å². The van der Waals surface area contributed by atoms with Gasteiger partial charge in [0, 0.05) is 62.6 Å². The molecule has 1 unspecified atom stereocenters. The van der Waals surface area contributed by atoms with Gasteiger partial charge in [-0.1, -0.05) is 18.2 Å². The summed E-state index contributed by atoms with van der Waals surface area (Å²) in [5.41, 5.74) is 2.38. The van der Waals surface area contributed by atoms with E-state index in [9.17, 15) is 4.39 Å². The molecule has 1 spiro atoms. The molecule has 2 aliphatic heterocycles. The van der Waals surface area contributed by atoms with Crippen LogP contribution in [0.5, 0.6) is 0 Å². The Balaban J connectivity index is 1.40. The molecule has 4 rings (SSSR count). The van der Waals surface area contributed by atoms with Crippen LogP contribution in [0.15, 0.2) is 36.7 Å². The van der Waals surface area contributed by atoms with E-state index in [0.717, 1.165) is 38.3 Å². The number of aryl methyl sites for hydroxylation is 1. The fourth-order valence-electron chi connectivity index (χ4n) is 4.01. The van der Waals surface area contributed by atoms with Gasteiger partial charge in [0.05, 0.1) is 6.20 Å². The van der Waals surface area contributed by atoms with Crippen LogP contribution >= 0.6 is 0 Å². The van der Waals surface area contributed by atoms with Gasteiger partial charge in [0.15, 0.2) is 0 Å². The van der Waals surface area contributed by atoms with Crippen molar-refractivity contribution in [3.8, 4) is 0 Å². The molecule has 1 aromatic heterocycles. The average molecular weight is 314 g/mol. The second kappa shape index (κ2) is 5.73. The Morgan fingerprint density at radius 2 is 2.00 bits per heavy atom. The van der Waals surface area contributed by atoms with E-state index in [1.54, 1.807) is 12.1 Å². The summed E-state index contributed by atoms with van der Waals surface area (Å²) >= 11 is 0. The van der Waals surface area contributed by atoms with Gasteiger partial charge in [-0.2, -0.15) is 5.10 Å². The van der Waals surface area contributed by atoms with E-state index >= 15 is 0 Å². The van der Waals surface area contributed by atoms with Gasteiger partial charge >= 0.3 is 0 Å². The largest absolute Gasteiger partial charge is 0.297 e. The van der Waals surface area contributed by atoms with Crippen molar-refractivity contribution in [1.82, 2.24) is 19.6 Å². The topological polar surface area (TPSA) is 24.3 Å². The van der Waals surface area contributed by atoms with Crippen LogP contribution in [0.4, 0.5) is 4.39 Å². The van der Waals surface area contributed by atoms with Gasteiger partial charge in [-0.25, -0.2) is 4.39 Å². The van der Waals surface area contributed by atoms with Crippen molar-refractivity contribution in [2.24, 2.45) is 7.05 Å². The minimum atomic E-state index is -0.0886. The number of hydrogen-bond donors (Lipinski definition) is 0. The molecule has 2 fully saturated rings. The molecule has 1 aromatic carbocycles. The lowest BCUT2D eigenvalue weighted by atomic mass is 9.83. The number of likely N-dealkylation sites (tertiary alicyclic amines) is 2. The number of rotatable bonds is 4. The van der Waals surface area contributed by atoms with Crippen LogP contribution in [0.2, 0.25) is 0 Å². The Bertz CT molecular complexity index is 698. The first-order valence-electron chi connectivity index (χ1n) is 8.33. The number of nitrogens with zero attached hydrogens (tertiary/aromatic N) is 4. The van der Waals surface area contributed by atoms with Gasteiger partial charge in [-0.15, -0.1) is 0 Å². The summed E-state index contributed by atoms with van der Waals surface area (Å²) in [6.45, 7) is 4.94. The highest BCUT2D eigenvalue weighted by Gasteiger charge is 2.48. The first-order chi connectivity index (χ1) is 11.1. The van der Waals surface area contributed by atoms with Crippen LogP contribution < -0.4 is 0 Å². The van der Waals surface area contributed by atoms with Crippen molar-refractivity contribution in [3.05, 3.63) is 53.6 Å². The van der Waals surface area contributed by atoms with Crippen molar-refractivity contribution in [3.63, 3.8) is 0 Å². The summed E-state index contributed by atoms with van der Waals surface area (Å²) in [4.78, 5) is 4.97. The molecule has 2 saturated heterocycles. The van der Waals surface area contributed by atoms with E-state index in [2.05, 4.69) is 21.1 Å². The van der Waals surface area contributed by atoms with Crippen LogP contribution in [0.25, 0.3) is 0 Å². The Hall–Kier alpha value is -1.72. The average Bonchev–Trinajstić information content (AvgIpc) is 3.14. The molecule has 0 radical (unpaired) electrons. The summed E-state index contributed by atoms with van der Waals surface area (Å²) in [6.07, 6.45) is 6.49. The molecule has 3 heterocycles. The number of hydrogen-bond acceptors (Lipinski definition) is 3. The molecular weight excluding hydrogens is 291 g/mol. The zero-order valence-corrected chi connectivity index (χ0v) is 13.6. The highest BCUT2D eigenvalue weighted by Crippen LogP contribution is 2.40. The normalized spacial score (nSPS) is 25.1. The molecule has 5 heteroatoms. The molecule has 1 atom stereocenters. The van der Waals surface area contributed by atoms with Crippen molar-refractivity contribution in [2.75, 3.05) is 19.6 Å². The molecule has 23 heavy (non-hydrogen) atoms. The van der Waals surface area contributed by atoms with Crippen molar-refractivity contribution < 1.29 is 4.39 Å². The molecule has 2 aromatic rings. The fourth-order valence-corrected chi connectivity index (χ4v) is 4.01. The summed E-state index contributed by atoms with van der Waals surface area (Å²) < 4.78 is 15.7. The van der Waals surface area contributed by atoms with Gasteiger partial charge in [-0.3, -0.25) is 14.5 Å². The summed E-state index contributed by atoms with van der Waals surface area (Å²) in [5.74, 6) is -0.0886. The van der Waals surface area contributed by atoms with Gasteiger partial charge in [0.2, 0.25) is 0 Å². The van der Waals surface area contributed by atoms with Crippen LogP contribution in [0.1, 0.15) is 24.0 Å². The van der Waals surface area contributed by atoms with Gasteiger partial charge in [0.1, 0.15) is 5.82 Å². The van der Waals surface area contributed by atoms with Crippen LogP contribution in [-0.2, 0) is 20.1 Å². The second-order valence-corrected chi connectivity index (χ2v) is 6.97. The quantitative estimate of drug-likeness (QED) is 0.866. The maximum absolute atomic E-state index is 13.9. The molecule has 4 nitrogen and oxygen atoms in total. The maximum Gasteiger partial charge on any atom is 0.127 e. The monoisotopic (exact) mass is 314 g/mol. The molecule has 0 amide bonds. The molecular formula is C18H23FN4. The zero-order chi connectivity index (χ0) is 15.9. The van der Waals surface area contributed by atoms with Crippen LogP contribution in [0, 0.1) is 5.82 Å². The van der Waals surface area contributed by atoms with E-state index in [1.807, 2.05) is 30.1 Å². The molecule has 0 N–H and O–H groups in total. The van der Waals surface area contributed by atoms with Gasteiger partial charge in [-0.05, 0) is 18.9 Å². The Morgan fingerprint density at radius 1 is 1.17 bits per heavy atom. The third kappa shape index (κ3) is 2.79. The first kappa shape index (κ1) is 14.8. The fraction of sp³-hybridized carbons (Fsp3) is 0.500. The second-order valence-electron chi connectivity index (χ2n) is 6.97. The smallest absolute Gasteiger partial charge is 0.127 e. The number of benzene rings is 1. The first-order valence-corrected chi connectivity index (χ1v) is 8.33. The molecule has 122 valence electrons. The van der Waals surface area contributed by atoms with Crippen LogP contribution in [0.3, 0.4) is 0 Å². The predicted octanol–water partition coefficient (Wildman–Crippen LogP) is 2.41. The predicted molar refractivity (Wildman–Crippen MR) is 87.3 cm³/mol. The zero-order valence-electron chi connectivity index (χ0n) is 13.6. The van der Waals surface area contributed by atoms with Gasteiger partial charge < -0.3 is 0 Å². The lowest BCUT2D eigenvalue weighted by molar-refractivity contribution is -0.0146. The third-order valence-corrected chi connectivity index (χ3v) is 5.41. The van der Waals surface area contributed by atoms with E-state index < -0.39 is 0 Å². The van der Waals surface area contributed by atoms with Crippen molar-refractivity contribution >= 4 is 0 Å². The summed E-state index contributed by atoms with van der Waals surface area (Å²) in [5, 5.41) is 4.26. The lowest BCUT2D eigenvalue weighted by Crippen LogP contribution is -2.60. The number of aromatic nitrogens is 2. The van der Waals surface area contributed by atoms with Gasteiger partial charge in [0.25, 0.3) is 0 Å². The Morgan fingerprint density at radius 3 is 2.70 bits per heavy atom. The Kier molecular flexibility index (Phi) is 3.70. The summed E-state index contributed by atoms with van der Waals surface area (Å²) in [6, 6.07) is 7.13. The third-order valence-electron chi connectivity index (χ3n) is 5.41. The van der Waals surface area contributed by atoms with Crippen LogP contribution in [-0.4, -0.2) is 44.8 Å². The van der Waals surface area contributed by atoms with E-state index in [0.29, 0.717) is 5.54 Å². The van der Waals surface area contributed by atoms with E-state index in [4.69, 9.17) is 0 Å². The minimum absolute atomic E-state index is 0.0886. The number of halogens is 1. The summed E-state index contributed by atoms with van der Waals surface area (Å²) in [7, 11) is 1.96. The molecule has 0 bridgehead atoms. The SMILES string of the molecule is Cn1cc(CN2CCC23CCN(Cc2ccccc2F)C3)cn1. The maximum atomic E-state index is 13.9. The minimum Gasteiger partial charge on any atom is -0.297 e. The van der Waals surface area contributed by atoms with E-state index in [-0.39, 0.29) is 5.82 Å². The lowest BCUT2D eigenvalue weighted by Gasteiger charge is -2.51.